The van der Waals surface area contributed by atoms with Crippen molar-refractivity contribution < 1.29 is 9.53 Å². The van der Waals surface area contributed by atoms with Gasteiger partial charge in [0.2, 0.25) is 5.88 Å². The molecule has 0 bridgehead atoms. The number of fused-ring (bicyclic) bond motifs is 1. The van der Waals surface area contributed by atoms with Gasteiger partial charge in [0.25, 0.3) is 5.91 Å². The van der Waals surface area contributed by atoms with E-state index in [1.807, 2.05) is 18.2 Å². The number of benzene rings is 1. The van der Waals surface area contributed by atoms with Gasteiger partial charge in [0.15, 0.2) is 0 Å². The maximum Gasteiger partial charge on any atom is 0.255 e. The van der Waals surface area contributed by atoms with Crippen molar-refractivity contribution in [2.45, 2.75) is 12.8 Å². The van der Waals surface area contributed by atoms with E-state index in [1.165, 1.54) is 12.8 Å². The molecule has 1 fully saturated rings. The Labute approximate surface area is 132 Å². The van der Waals surface area contributed by atoms with Crippen LogP contribution in [0.3, 0.4) is 0 Å². The van der Waals surface area contributed by atoms with Crippen molar-refractivity contribution in [3.8, 4) is 5.88 Å². The minimum atomic E-state index is -0.192. The first-order valence-corrected chi connectivity index (χ1v) is 7.61. The van der Waals surface area contributed by atoms with Crippen LogP contribution in [-0.2, 0) is 0 Å². The second-order valence-electron chi connectivity index (χ2n) is 5.76. The molecule has 1 saturated carbocycles. The molecule has 4 rings (SSSR count). The third-order valence-corrected chi connectivity index (χ3v) is 3.86. The number of pyridine rings is 1. The molecule has 2 heterocycles. The van der Waals surface area contributed by atoms with E-state index in [1.54, 1.807) is 24.5 Å². The molecule has 1 amide bonds. The molecule has 3 aromatic rings. The van der Waals surface area contributed by atoms with Crippen molar-refractivity contribution >= 4 is 22.5 Å². The predicted molar refractivity (Wildman–Crippen MR) is 86.5 cm³/mol. The molecule has 0 unspecified atom stereocenters. The highest BCUT2D eigenvalue weighted by Gasteiger charge is 2.22. The first-order chi connectivity index (χ1) is 11.3. The summed E-state index contributed by atoms with van der Waals surface area (Å²) in [6.45, 7) is 0.675. The average molecular weight is 308 g/mol. The highest BCUT2D eigenvalue weighted by molar-refractivity contribution is 6.05. The van der Waals surface area contributed by atoms with Crippen LogP contribution >= 0.6 is 0 Å². The number of nitrogens with zero attached hydrogens (tertiary/aromatic N) is 2. The van der Waals surface area contributed by atoms with E-state index in [2.05, 4.69) is 20.5 Å². The summed E-state index contributed by atoms with van der Waals surface area (Å²) in [6.07, 6.45) is 5.77. The Hall–Kier alpha value is -2.89. The van der Waals surface area contributed by atoms with Crippen LogP contribution in [-0.4, -0.2) is 27.7 Å². The molecule has 1 aliphatic carbocycles. The van der Waals surface area contributed by atoms with Gasteiger partial charge in [0.05, 0.1) is 18.3 Å². The minimum absolute atomic E-state index is 0.192. The summed E-state index contributed by atoms with van der Waals surface area (Å²) in [7, 11) is 0. The van der Waals surface area contributed by atoms with Crippen LogP contribution in [0.2, 0.25) is 0 Å². The number of amides is 1. The standard InChI is InChI=1S/C17H16N4O2/c22-17(20-14-4-3-13-9-19-21-15(13)8-14)12-5-6-18-16(7-12)23-10-11-1-2-11/h3-9,11H,1-2,10H2,(H,19,21)(H,20,22). The molecular formula is C17H16N4O2. The number of nitrogens with one attached hydrogen (secondary N) is 2. The SMILES string of the molecule is O=C(Nc1ccc2cn[nH]c2c1)c1ccnc(OCC2CC2)c1. The zero-order valence-electron chi connectivity index (χ0n) is 12.5. The molecule has 0 spiro atoms. The Balaban J connectivity index is 1.47. The molecule has 0 atom stereocenters. The highest BCUT2D eigenvalue weighted by Crippen LogP contribution is 2.29. The quantitative estimate of drug-likeness (QED) is 0.759. The fourth-order valence-corrected chi connectivity index (χ4v) is 2.34. The summed E-state index contributed by atoms with van der Waals surface area (Å²) in [5.74, 6) is 0.950. The lowest BCUT2D eigenvalue weighted by Crippen LogP contribution is -2.12. The van der Waals surface area contributed by atoms with Crippen LogP contribution in [0.25, 0.3) is 10.9 Å². The van der Waals surface area contributed by atoms with Crippen LogP contribution in [0.4, 0.5) is 5.69 Å². The summed E-state index contributed by atoms with van der Waals surface area (Å²) in [5, 5.41) is 10.7. The molecule has 2 N–H and O–H groups in total. The fraction of sp³-hybridized carbons (Fsp3) is 0.235. The smallest absolute Gasteiger partial charge is 0.255 e. The second kappa shape index (κ2) is 5.72. The van der Waals surface area contributed by atoms with E-state index in [0.717, 1.165) is 10.9 Å². The lowest BCUT2D eigenvalue weighted by Gasteiger charge is -2.07. The number of anilines is 1. The largest absolute Gasteiger partial charge is 0.477 e. The molecule has 0 aliphatic heterocycles. The number of aromatic amines is 1. The third-order valence-electron chi connectivity index (χ3n) is 3.86. The van der Waals surface area contributed by atoms with Crippen molar-refractivity contribution in [1.29, 1.82) is 0 Å². The summed E-state index contributed by atoms with van der Waals surface area (Å²) in [6, 6.07) is 8.96. The van der Waals surface area contributed by atoms with Gasteiger partial charge < -0.3 is 10.1 Å². The van der Waals surface area contributed by atoms with Gasteiger partial charge in [-0.25, -0.2) is 4.98 Å². The molecule has 0 saturated heterocycles. The lowest BCUT2D eigenvalue weighted by atomic mass is 10.2. The Kier molecular flexibility index (Phi) is 3.42. The van der Waals surface area contributed by atoms with Gasteiger partial charge in [-0.3, -0.25) is 9.89 Å². The monoisotopic (exact) mass is 308 g/mol. The van der Waals surface area contributed by atoms with E-state index in [-0.39, 0.29) is 5.91 Å². The van der Waals surface area contributed by atoms with Crippen LogP contribution in [0.15, 0.2) is 42.7 Å². The van der Waals surface area contributed by atoms with Crippen molar-refractivity contribution in [3.05, 3.63) is 48.3 Å². The summed E-state index contributed by atoms with van der Waals surface area (Å²) in [5.41, 5.74) is 2.12. The van der Waals surface area contributed by atoms with Crippen molar-refractivity contribution in [2.24, 2.45) is 5.92 Å². The average Bonchev–Trinajstić information content (AvgIpc) is 3.29. The number of rotatable bonds is 5. The van der Waals surface area contributed by atoms with Crippen molar-refractivity contribution in [1.82, 2.24) is 15.2 Å². The molecule has 1 aliphatic rings. The normalized spacial score (nSPS) is 13.9. The Morgan fingerprint density at radius 2 is 2.22 bits per heavy atom. The second-order valence-corrected chi connectivity index (χ2v) is 5.76. The van der Waals surface area contributed by atoms with Gasteiger partial charge in [-0.15, -0.1) is 0 Å². The first-order valence-electron chi connectivity index (χ1n) is 7.61. The molecule has 6 nitrogen and oxygen atoms in total. The lowest BCUT2D eigenvalue weighted by molar-refractivity contribution is 0.102. The van der Waals surface area contributed by atoms with Crippen LogP contribution in [0.5, 0.6) is 5.88 Å². The predicted octanol–water partition coefficient (Wildman–Crippen LogP) is 3.00. The van der Waals surface area contributed by atoms with Gasteiger partial charge in [0, 0.05) is 28.9 Å². The summed E-state index contributed by atoms with van der Waals surface area (Å²) in [4.78, 5) is 16.5. The maximum absolute atomic E-state index is 12.4. The molecule has 6 heteroatoms. The number of hydrogen-bond acceptors (Lipinski definition) is 4. The number of carbonyl (C=O) groups is 1. The number of aromatic nitrogens is 3. The molecule has 0 radical (unpaired) electrons. The minimum Gasteiger partial charge on any atom is -0.477 e. The van der Waals surface area contributed by atoms with E-state index in [0.29, 0.717) is 29.7 Å². The van der Waals surface area contributed by atoms with Crippen LogP contribution in [0, 0.1) is 5.92 Å². The first kappa shape index (κ1) is 13.8. The number of hydrogen-bond donors (Lipinski definition) is 2. The van der Waals surface area contributed by atoms with Crippen molar-refractivity contribution in [2.75, 3.05) is 11.9 Å². The van der Waals surface area contributed by atoms with Gasteiger partial charge in [0.1, 0.15) is 0 Å². The highest BCUT2D eigenvalue weighted by atomic mass is 16.5. The van der Waals surface area contributed by atoms with Gasteiger partial charge in [-0.1, -0.05) is 0 Å². The Morgan fingerprint density at radius 1 is 1.30 bits per heavy atom. The number of carbonyl (C=O) groups excluding carboxylic acids is 1. The van der Waals surface area contributed by atoms with Gasteiger partial charge >= 0.3 is 0 Å². The zero-order valence-corrected chi connectivity index (χ0v) is 12.5. The fourth-order valence-electron chi connectivity index (χ4n) is 2.34. The molecule has 23 heavy (non-hydrogen) atoms. The van der Waals surface area contributed by atoms with E-state index >= 15 is 0 Å². The topological polar surface area (TPSA) is 79.9 Å². The van der Waals surface area contributed by atoms with Crippen LogP contribution < -0.4 is 10.1 Å². The third kappa shape index (κ3) is 3.15. The van der Waals surface area contributed by atoms with E-state index < -0.39 is 0 Å². The molecule has 2 aromatic heterocycles. The Bertz CT molecular complexity index is 854. The van der Waals surface area contributed by atoms with E-state index in [4.69, 9.17) is 4.74 Å². The maximum atomic E-state index is 12.4. The molecular weight excluding hydrogens is 292 g/mol. The molecule has 1 aromatic carbocycles. The van der Waals surface area contributed by atoms with Crippen LogP contribution in [0.1, 0.15) is 23.2 Å². The van der Waals surface area contributed by atoms with Crippen molar-refractivity contribution in [3.63, 3.8) is 0 Å². The van der Waals surface area contributed by atoms with Gasteiger partial charge in [-0.2, -0.15) is 5.10 Å². The summed E-state index contributed by atoms with van der Waals surface area (Å²) >= 11 is 0. The van der Waals surface area contributed by atoms with Gasteiger partial charge in [-0.05, 0) is 43.0 Å². The molecule has 116 valence electrons. The Morgan fingerprint density at radius 3 is 3.09 bits per heavy atom. The van der Waals surface area contributed by atoms with E-state index in [9.17, 15) is 4.79 Å². The summed E-state index contributed by atoms with van der Waals surface area (Å²) < 4.78 is 5.61. The number of H-pyrrole nitrogens is 1. The number of ether oxygens (including phenoxy) is 1. The zero-order chi connectivity index (χ0) is 15.6.